The highest BCUT2D eigenvalue weighted by Crippen LogP contribution is 2.27. The molecule has 0 bridgehead atoms. The van der Waals surface area contributed by atoms with Gasteiger partial charge in [-0.2, -0.15) is 0 Å². The van der Waals surface area contributed by atoms with Gasteiger partial charge in [0.15, 0.2) is 0 Å². The zero-order valence-corrected chi connectivity index (χ0v) is 12.5. The molecule has 0 aromatic carbocycles. The van der Waals surface area contributed by atoms with Gasteiger partial charge >= 0.3 is 0 Å². The molecule has 1 aliphatic heterocycles. The number of nitrogens with zero attached hydrogens (tertiary/aromatic N) is 1. The fourth-order valence-electron chi connectivity index (χ4n) is 2.22. The molecule has 1 atom stereocenters. The van der Waals surface area contributed by atoms with Crippen LogP contribution >= 0.6 is 10.9 Å². The van der Waals surface area contributed by atoms with Gasteiger partial charge < -0.3 is 0 Å². The van der Waals surface area contributed by atoms with Gasteiger partial charge in [0.1, 0.15) is 0 Å². The van der Waals surface area contributed by atoms with Crippen LogP contribution in [0.3, 0.4) is 0 Å². The van der Waals surface area contributed by atoms with Crippen LogP contribution in [0.5, 0.6) is 0 Å². The third-order valence-electron chi connectivity index (χ3n) is 3.06. The maximum Gasteiger partial charge on any atom is 0.216 e. The summed E-state index contributed by atoms with van der Waals surface area (Å²) in [5.41, 5.74) is 0. The Kier molecular flexibility index (Phi) is 5.13. The van der Waals surface area contributed by atoms with E-state index in [-0.39, 0.29) is 16.1 Å². The summed E-state index contributed by atoms with van der Waals surface area (Å²) in [6.07, 6.45) is 6.76. The highest BCUT2D eigenvalue weighted by molar-refractivity contribution is 8.15. The minimum absolute atomic E-state index is 0.0849. The number of sulfonamides is 1. The fraction of sp³-hybridized carbons (Fsp3) is 1.00. The monoisotopic (exact) mass is 267 g/mol. The molecular weight excluding hydrogens is 242 g/mol. The zero-order valence-electron chi connectivity index (χ0n) is 10.8. The van der Waals surface area contributed by atoms with Crippen molar-refractivity contribution in [1.29, 1.82) is 0 Å². The highest BCUT2D eigenvalue weighted by Gasteiger charge is 2.30. The van der Waals surface area contributed by atoms with Crippen LogP contribution in [0.25, 0.3) is 0 Å². The molecule has 1 aliphatic rings. The normalized spacial score (nSPS) is 24.8. The maximum absolute atomic E-state index is 12.0. The number of rotatable bonds is 4. The van der Waals surface area contributed by atoms with Gasteiger partial charge in [0.25, 0.3) is 0 Å². The first-order valence-corrected chi connectivity index (χ1v) is 9.90. The smallest absolute Gasteiger partial charge is 0.216 e. The predicted molar refractivity (Wildman–Crippen MR) is 74.1 cm³/mol. The third-order valence-corrected chi connectivity index (χ3v) is 6.55. The van der Waals surface area contributed by atoms with E-state index in [0.717, 1.165) is 19.5 Å². The van der Waals surface area contributed by atoms with E-state index in [1.165, 1.54) is 12.2 Å². The van der Waals surface area contributed by atoms with Gasteiger partial charge in [-0.3, -0.25) is 10.9 Å². The van der Waals surface area contributed by atoms with Crippen molar-refractivity contribution in [2.75, 3.05) is 31.4 Å². The Morgan fingerprint density at radius 3 is 2.50 bits per heavy atom. The minimum Gasteiger partial charge on any atom is -0.259 e. The first-order chi connectivity index (χ1) is 7.34. The van der Waals surface area contributed by atoms with Crippen molar-refractivity contribution >= 4 is 20.9 Å². The highest BCUT2D eigenvalue weighted by atomic mass is 32.2. The topological polar surface area (TPSA) is 37.4 Å². The summed E-state index contributed by atoms with van der Waals surface area (Å²) in [5.74, 6) is 1.79. The zero-order chi connectivity index (χ0) is 12.3. The second kappa shape index (κ2) is 5.74. The summed E-state index contributed by atoms with van der Waals surface area (Å²) in [6, 6.07) is 0. The van der Waals surface area contributed by atoms with E-state index in [2.05, 4.69) is 12.5 Å². The Labute approximate surface area is 103 Å². The van der Waals surface area contributed by atoms with E-state index in [1.54, 1.807) is 18.2 Å². The molecule has 0 amide bonds. The molecule has 5 heteroatoms. The number of thiol groups is 1. The Balaban J connectivity index is 2.64. The van der Waals surface area contributed by atoms with Crippen molar-refractivity contribution in [3.05, 3.63) is 0 Å². The van der Waals surface area contributed by atoms with Gasteiger partial charge in [0.2, 0.25) is 10.0 Å². The molecule has 1 heterocycles. The van der Waals surface area contributed by atoms with Gasteiger partial charge in [0, 0.05) is 13.1 Å². The van der Waals surface area contributed by atoms with Gasteiger partial charge in [0.05, 0.1) is 5.25 Å². The second-order valence-electron chi connectivity index (χ2n) is 5.22. The first-order valence-electron chi connectivity index (χ1n) is 5.97. The SMILES string of the molecule is CC(C)S(=O)(=O)N1CCCC(C[SH](C)C)C1. The fourth-order valence-corrected chi connectivity index (χ4v) is 4.95. The Morgan fingerprint density at radius 1 is 1.38 bits per heavy atom. The van der Waals surface area contributed by atoms with Gasteiger partial charge in [-0.25, -0.2) is 12.7 Å². The summed E-state index contributed by atoms with van der Waals surface area (Å²) in [6.45, 7) is 5.01. The van der Waals surface area contributed by atoms with Crippen LogP contribution in [0.4, 0.5) is 0 Å². The van der Waals surface area contributed by atoms with E-state index in [9.17, 15) is 8.42 Å². The van der Waals surface area contributed by atoms with E-state index in [4.69, 9.17) is 0 Å². The van der Waals surface area contributed by atoms with Gasteiger partial charge in [-0.15, -0.1) is 0 Å². The van der Waals surface area contributed by atoms with Crippen molar-refractivity contribution < 1.29 is 8.42 Å². The molecule has 16 heavy (non-hydrogen) atoms. The summed E-state index contributed by atoms with van der Waals surface area (Å²) in [7, 11) is -2.94. The van der Waals surface area contributed by atoms with Crippen LogP contribution < -0.4 is 0 Å². The number of piperidine rings is 1. The molecule has 0 aliphatic carbocycles. The molecule has 0 aromatic rings. The second-order valence-corrected chi connectivity index (χ2v) is 10.2. The average molecular weight is 267 g/mol. The van der Waals surface area contributed by atoms with E-state index in [0.29, 0.717) is 5.92 Å². The largest absolute Gasteiger partial charge is 0.259 e. The van der Waals surface area contributed by atoms with Crippen molar-refractivity contribution in [3.63, 3.8) is 0 Å². The molecule has 98 valence electrons. The Morgan fingerprint density at radius 2 is 2.00 bits per heavy atom. The first kappa shape index (κ1) is 14.3. The summed E-state index contributed by atoms with van der Waals surface area (Å²) >= 11 is 0. The molecule has 0 aromatic heterocycles. The van der Waals surface area contributed by atoms with E-state index < -0.39 is 10.0 Å². The predicted octanol–water partition coefficient (Wildman–Crippen LogP) is 1.70. The standard InChI is InChI=1S/C11H25NO2S2/c1-10(2)16(13,14)12-7-5-6-11(8-12)9-15(3)4/h10-11,15H,5-9H2,1-4H3. The van der Waals surface area contributed by atoms with Crippen LogP contribution in [-0.4, -0.2) is 49.3 Å². The summed E-state index contributed by atoms with van der Waals surface area (Å²) < 4.78 is 25.8. The van der Waals surface area contributed by atoms with Gasteiger partial charge in [-0.05, 0) is 50.9 Å². The van der Waals surface area contributed by atoms with E-state index in [1.807, 2.05) is 0 Å². The molecule has 1 rings (SSSR count). The molecular formula is C11H25NO2S2. The van der Waals surface area contributed by atoms with Crippen molar-refractivity contribution in [1.82, 2.24) is 4.31 Å². The van der Waals surface area contributed by atoms with Crippen molar-refractivity contribution in [2.24, 2.45) is 5.92 Å². The minimum atomic E-state index is -3.03. The van der Waals surface area contributed by atoms with Crippen LogP contribution in [-0.2, 0) is 10.0 Å². The Bertz CT molecular complexity index is 312. The van der Waals surface area contributed by atoms with Crippen LogP contribution in [0.1, 0.15) is 26.7 Å². The molecule has 0 spiro atoms. The molecule has 1 saturated heterocycles. The summed E-state index contributed by atoms with van der Waals surface area (Å²) in [4.78, 5) is 0. The molecule has 1 unspecified atom stereocenters. The van der Waals surface area contributed by atoms with Crippen LogP contribution in [0.2, 0.25) is 0 Å². The molecule has 0 saturated carbocycles. The van der Waals surface area contributed by atoms with Crippen LogP contribution in [0, 0.1) is 5.92 Å². The number of hydrogen-bond acceptors (Lipinski definition) is 2. The van der Waals surface area contributed by atoms with Crippen LogP contribution in [0.15, 0.2) is 0 Å². The number of hydrogen-bond donors (Lipinski definition) is 1. The average Bonchev–Trinajstić information content (AvgIpc) is 2.16. The quantitative estimate of drug-likeness (QED) is 0.787. The van der Waals surface area contributed by atoms with E-state index >= 15 is 0 Å². The lowest BCUT2D eigenvalue weighted by Crippen LogP contribution is -2.43. The van der Waals surface area contributed by atoms with Crippen molar-refractivity contribution in [3.8, 4) is 0 Å². The lowest BCUT2D eigenvalue weighted by atomic mass is 10.0. The maximum atomic E-state index is 12.0. The van der Waals surface area contributed by atoms with Gasteiger partial charge in [-0.1, -0.05) is 0 Å². The molecule has 3 nitrogen and oxygen atoms in total. The summed E-state index contributed by atoms with van der Waals surface area (Å²) in [5, 5.41) is -0.281. The lowest BCUT2D eigenvalue weighted by molar-refractivity contribution is 0.282. The third kappa shape index (κ3) is 3.64. The molecule has 0 radical (unpaired) electrons. The van der Waals surface area contributed by atoms with Crippen molar-refractivity contribution in [2.45, 2.75) is 31.9 Å². The molecule has 1 fully saturated rings. The Hall–Kier alpha value is 0.260. The molecule has 0 N–H and O–H groups in total. The lowest BCUT2D eigenvalue weighted by Gasteiger charge is -2.34.